The number of alkyl halides is 2. The molecule has 1 aromatic carbocycles. The summed E-state index contributed by atoms with van der Waals surface area (Å²) in [5, 5.41) is 2.74. The van der Waals surface area contributed by atoms with E-state index in [-0.39, 0.29) is 18.3 Å². The van der Waals surface area contributed by atoms with Gasteiger partial charge in [-0.3, -0.25) is 4.79 Å². The lowest BCUT2D eigenvalue weighted by Gasteiger charge is -2.05. The Kier molecular flexibility index (Phi) is 9.55. The van der Waals surface area contributed by atoms with Gasteiger partial charge < -0.3 is 11.1 Å². The van der Waals surface area contributed by atoms with Crippen molar-refractivity contribution in [3.05, 3.63) is 29.8 Å². The lowest BCUT2D eigenvalue weighted by Crippen LogP contribution is -2.24. The van der Waals surface area contributed by atoms with Crippen LogP contribution in [0.3, 0.4) is 0 Å². The molecule has 0 aliphatic heterocycles. The van der Waals surface area contributed by atoms with Gasteiger partial charge in [0.15, 0.2) is 0 Å². The van der Waals surface area contributed by atoms with E-state index in [0.29, 0.717) is 35.3 Å². The molecular weight excluding hydrogens is 294 g/mol. The first-order valence-corrected chi connectivity index (χ1v) is 6.54. The zero-order chi connectivity index (χ0) is 13.4. The lowest BCUT2D eigenvalue weighted by atomic mass is 10.2. The number of carbonyl (C=O) groups is 1. The van der Waals surface area contributed by atoms with Gasteiger partial charge in [0.1, 0.15) is 0 Å². The average molecular weight is 311 g/mol. The Morgan fingerprint density at radius 3 is 2.42 bits per heavy atom. The van der Waals surface area contributed by atoms with Crippen LogP contribution in [0.4, 0.5) is 8.78 Å². The largest absolute Gasteiger partial charge is 0.352 e. The van der Waals surface area contributed by atoms with E-state index in [0.717, 1.165) is 12.8 Å². The van der Waals surface area contributed by atoms with Gasteiger partial charge in [-0.1, -0.05) is 11.8 Å². The molecule has 3 nitrogen and oxygen atoms in total. The van der Waals surface area contributed by atoms with Gasteiger partial charge in [-0.05, 0) is 43.7 Å². The molecule has 1 aromatic rings. The maximum atomic E-state index is 12.1. The summed E-state index contributed by atoms with van der Waals surface area (Å²) in [4.78, 5) is 12.1. The van der Waals surface area contributed by atoms with E-state index in [1.54, 1.807) is 12.1 Å². The molecule has 0 heterocycles. The molecule has 108 valence electrons. The summed E-state index contributed by atoms with van der Waals surface area (Å²) >= 11 is 0.464. The second-order valence-corrected chi connectivity index (χ2v) is 4.72. The van der Waals surface area contributed by atoms with Crippen molar-refractivity contribution in [2.24, 2.45) is 5.73 Å². The van der Waals surface area contributed by atoms with E-state index < -0.39 is 5.76 Å². The van der Waals surface area contributed by atoms with Gasteiger partial charge in [0.2, 0.25) is 0 Å². The van der Waals surface area contributed by atoms with Gasteiger partial charge in [0.05, 0.1) is 0 Å². The van der Waals surface area contributed by atoms with Crippen LogP contribution >= 0.6 is 24.2 Å². The number of nitrogens with one attached hydrogen (secondary N) is 1. The van der Waals surface area contributed by atoms with E-state index in [4.69, 9.17) is 5.73 Å². The summed E-state index contributed by atoms with van der Waals surface area (Å²) in [6.07, 6.45) is 1.70. The Balaban J connectivity index is 0.00000324. The summed E-state index contributed by atoms with van der Waals surface area (Å²) in [5.41, 5.74) is 5.81. The molecule has 1 amide bonds. The normalized spacial score (nSPS) is 10.1. The van der Waals surface area contributed by atoms with Gasteiger partial charge in [-0.15, -0.1) is 12.4 Å². The van der Waals surface area contributed by atoms with Crippen LogP contribution in [-0.2, 0) is 0 Å². The summed E-state index contributed by atoms with van der Waals surface area (Å²) < 4.78 is 24.2. The smallest absolute Gasteiger partial charge is 0.288 e. The third-order valence-electron chi connectivity index (χ3n) is 2.26. The monoisotopic (exact) mass is 310 g/mol. The highest BCUT2D eigenvalue weighted by Crippen LogP contribution is 2.24. The fourth-order valence-electron chi connectivity index (χ4n) is 1.36. The molecule has 0 aliphatic rings. The minimum Gasteiger partial charge on any atom is -0.352 e. The fraction of sp³-hybridized carbons (Fsp3) is 0.417. The highest BCUT2D eigenvalue weighted by atomic mass is 35.5. The van der Waals surface area contributed by atoms with Crippen LogP contribution in [-0.4, -0.2) is 24.8 Å². The van der Waals surface area contributed by atoms with E-state index in [2.05, 4.69) is 5.32 Å². The number of halogens is 3. The SMILES string of the molecule is Cl.NCCCCNC(=O)c1ccc(SC(F)F)cc1. The van der Waals surface area contributed by atoms with E-state index in [1.807, 2.05) is 0 Å². The summed E-state index contributed by atoms with van der Waals surface area (Å²) in [6.45, 7) is 1.18. The molecule has 19 heavy (non-hydrogen) atoms. The van der Waals surface area contributed by atoms with Crippen LogP contribution in [0.1, 0.15) is 23.2 Å². The molecule has 0 saturated heterocycles. The number of nitrogens with two attached hydrogens (primary N) is 1. The number of hydrogen-bond acceptors (Lipinski definition) is 3. The van der Waals surface area contributed by atoms with E-state index in [1.165, 1.54) is 12.1 Å². The molecular formula is C12H17ClF2N2OS. The minimum atomic E-state index is -2.44. The summed E-state index contributed by atoms with van der Waals surface area (Å²) in [6, 6.07) is 6.13. The van der Waals surface area contributed by atoms with Crippen molar-refractivity contribution >= 4 is 30.1 Å². The van der Waals surface area contributed by atoms with Crippen molar-refractivity contribution in [3.8, 4) is 0 Å². The van der Waals surface area contributed by atoms with Crippen molar-refractivity contribution in [1.82, 2.24) is 5.32 Å². The molecule has 1 rings (SSSR count). The quantitative estimate of drug-likeness (QED) is 0.601. The molecule has 0 fully saturated rings. The van der Waals surface area contributed by atoms with Crippen molar-refractivity contribution in [1.29, 1.82) is 0 Å². The second-order valence-electron chi connectivity index (χ2n) is 3.65. The number of hydrogen-bond donors (Lipinski definition) is 2. The van der Waals surface area contributed by atoms with Gasteiger partial charge in [-0.2, -0.15) is 8.78 Å². The highest BCUT2D eigenvalue weighted by Gasteiger charge is 2.07. The Morgan fingerprint density at radius 1 is 1.26 bits per heavy atom. The maximum absolute atomic E-state index is 12.1. The Hall–Kier alpha value is -0.850. The first-order chi connectivity index (χ1) is 8.63. The molecule has 0 bridgehead atoms. The molecule has 0 radical (unpaired) electrons. The second kappa shape index (κ2) is 10.00. The standard InChI is InChI=1S/C12H16F2N2OS.ClH/c13-12(14)18-10-5-3-9(4-6-10)11(17)16-8-2-1-7-15;/h3-6,12H,1-2,7-8,15H2,(H,16,17);1H. The third kappa shape index (κ3) is 7.34. The summed E-state index contributed by atoms with van der Waals surface area (Å²) in [7, 11) is 0. The Labute approximate surface area is 121 Å². The lowest BCUT2D eigenvalue weighted by molar-refractivity contribution is 0.0953. The van der Waals surface area contributed by atoms with Crippen molar-refractivity contribution in [2.75, 3.05) is 13.1 Å². The molecule has 0 saturated carbocycles. The molecule has 0 spiro atoms. The average Bonchev–Trinajstić information content (AvgIpc) is 2.34. The first kappa shape index (κ1) is 18.1. The van der Waals surface area contributed by atoms with Crippen molar-refractivity contribution < 1.29 is 13.6 Å². The zero-order valence-corrected chi connectivity index (χ0v) is 11.9. The van der Waals surface area contributed by atoms with Gasteiger partial charge in [0, 0.05) is 17.0 Å². The maximum Gasteiger partial charge on any atom is 0.288 e. The summed E-state index contributed by atoms with van der Waals surface area (Å²) in [5.74, 6) is -2.64. The number of carbonyl (C=O) groups excluding carboxylic acids is 1. The van der Waals surface area contributed by atoms with Gasteiger partial charge in [0.25, 0.3) is 11.7 Å². The van der Waals surface area contributed by atoms with Crippen LogP contribution in [0.15, 0.2) is 29.2 Å². The molecule has 0 aliphatic carbocycles. The van der Waals surface area contributed by atoms with Crippen LogP contribution in [0.2, 0.25) is 0 Å². The number of rotatable bonds is 7. The fourth-order valence-corrected chi connectivity index (χ4v) is 1.86. The number of unbranched alkanes of at least 4 members (excludes halogenated alkanes) is 1. The molecule has 3 N–H and O–H groups in total. The molecule has 0 atom stereocenters. The molecule has 7 heteroatoms. The topological polar surface area (TPSA) is 55.1 Å². The number of amides is 1. The zero-order valence-electron chi connectivity index (χ0n) is 10.3. The predicted molar refractivity (Wildman–Crippen MR) is 76.2 cm³/mol. The van der Waals surface area contributed by atoms with Gasteiger partial charge in [-0.25, -0.2) is 0 Å². The van der Waals surface area contributed by atoms with E-state index >= 15 is 0 Å². The van der Waals surface area contributed by atoms with Crippen LogP contribution in [0.25, 0.3) is 0 Å². The molecule has 0 aromatic heterocycles. The van der Waals surface area contributed by atoms with Crippen LogP contribution < -0.4 is 11.1 Å². The van der Waals surface area contributed by atoms with Crippen LogP contribution in [0.5, 0.6) is 0 Å². The van der Waals surface area contributed by atoms with E-state index in [9.17, 15) is 13.6 Å². The highest BCUT2D eigenvalue weighted by molar-refractivity contribution is 7.99. The third-order valence-corrected chi connectivity index (χ3v) is 2.98. The predicted octanol–water partition coefficient (Wildman–Crippen LogP) is 2.89. The minimum absolute atomic E-state index is 0. The van der Waals surface area contributed by atoms with Crippen molar-refractivity contribution in [3.63, 3.8) is 0 Å². The Morgan fingerprint density at radius 2 is 1.89 bits per heavy atom. The van der Waals surface area contributed by atoms with Crippen molar-refractivity contribution in [2.45, 2.75) is 23.5 Å². The Bertz CT molecular complexity index is 376. The van der Waals surface area contributed by atoms with Crippen LogP contribution in [0, 0.1) is 0 Å². The number of benzene rings is 1. The molecule has 0 unspecified atom stereocenters. The number of thioether (sulfide) groups is 1. The van der Waals surface area contributed by atoms with Gasteiger partial charge >= 0.3 is 0 Å². The first-order valence-electron chi connectivity index (χ1n) is 5.66.